The Kier molecular flexibility index (Phi) is 5.93. The summed E-state index contributed by atoms with van der Waals surface area (Å²) in [5.41, 5.74) is -0.222. The minimum absolute atomic E-state index is 0.124. The lowest BCUT2D eigenvalue weighted by molar-refractivity contribution is -0.384. The van der Waals surface area contributed by atoms with E-state index in [1.807, 2.05) is 0 Å². The summed E-state index contributed by atoms with van der Waals surface area (Å²) in [5, 5.41) is 10.9. The van der Waals surface area contributed by atoms with Crippen molar-refractivity contribution >= 4 is 51.7 Å². The molecule has 0 N–H and O–H groups in total. The molecule has 1 aliphatic rings. The van der Waals surface area contributed by atoms with Crippen molar-refractivity contribution in [2.24, 2.45) is 0 Å². The molecule has 3 rings (SSSR count). The van der Waals surface area contributed by atoms with Gasteiger partial charge in [0, 0.05) is 26.8 Å². The molecule has 1 heterocycles. The van der Waals surface area contributed by atoms with Gasteiger partial charge in [-0.2, -0.15) is 0 Å². The third-order valence-corrected chi connectivity index (χ3v) is 5.51. The number of amides is 3. The topological polar surface area (TPSA) is 101 Å². The first kappa shape index (κ1) is 21.9. The molecule has 3 amide bonds. The molecule has 9 heteroatoms. The number of nitrogens with zero attached hydrogens (tertiary/aromatic N) is 3. The molecule has 0 saturated carbocycles. The average molecular weight is 521 g/mol. The predicted octanol–water partition coefficient (Wildman–Crippen LogP) is 3.77. The van der Waals surface area contributed by atoms with Crippen LogP contribution < -0.4 is 4.90 Å². The zero-order valence-corrected chi connectivity index (χ0v) is 18.8. The Balaban J connectivity index is 1.95. The van der Waals surface area contributed by atoms with E-state index in [-0.39, 0.29) is 23.6 Å². The van der Waals surface area contributed by atoms with E-state index < -0.39 is 28.3 Å². The van der Waals surface area contributed by atoms with Crippen molar-refractivity contribution in [3.63, 3.8) is 0 Å². The van der Waals surface area contributed by atoms with Gasteiger partial charge in [-0.1, -0.05) is 0 Å². The maximum Gasteiger partial charge on any atom is 0.269 e. The van der Waals surface area contributed by atoms with Crippen molar-refractivity contribution in [3.8, 4) is 0 Å². The Morgan fingerprint density at radius 2 is 1.67 bits per heavy atom. The Hall–Kier alpha value is -2.82. The number of halogens is 1. The fourth-order valence-corrected chi connectivity index (χ4v) is 3.82. The molecule has 2 aromatic carbocycles. The minimum atomic E-state index is -0.959. The summed E-state index contributed by atoms with van der Waals surface area (Å²) in [6, 6.07) is 11.2. The van der Waals surface area contributed by atoms with E-state index in [4.69, 9.17) is 0 Å². The van der Waals surface area contributed by atoms with Crippen molar-refractivity contribution in [1.82, 2.24) is 4.90 Å². The molecule has 0 bridgehead atoms. The second-order valence-electron chi connectivity index (χ2n) is 7.91. The SMILES string of the molecule is CC(C)(C)N(C(=O)c1ccc([N+](=O)[O-])cc1)C1CC(=O)N(c2ccc(I)cc2)C1=O. The second kappa shape index (κ2) is 8.13. The van der Waals surface area contributed by atoms with Crippen LogP contribution in [0.15, 0.2) is 48.5 Å². The third kappa shape index (κ3) is 4.20. The number of rotatable bonds is 4. The molecule has 1 unspecified atom stereocenters. The van der Waals surface area contributed by atoms with Crippen molar-refractivity contribution < 1.29 is 19.3 Å². The Labute approximate surface area is 187 Å². The van der Waals surface area contributed by atoms with Crippen LogP contribution in [0.2, 0.25) is 0 Å². The van der Waals surface area contributed by atoms with Gasteiger partial charge in [0.15, 0.2) is 0 Å². The summed E-state index contributed by atoms with van der Waals surface area (Å²) in [6.45, 7) is 5.34. The standard InChI is InChI=1S/C21H20IN3O5/c1-21(2,3)24(19(27)13-4-8-16(9-5-13)25(29)30)17-12-18(26)23(20(17)28)15-10-6-14(22)7-11-15/h4-11,17H,12H2,1-3H3. The zero-order valence-electron chi connectivity index (χ0n) is 16.7. The Bertz CT molecular complexity index is 1010. The van der Waals surface area contributed by atoms with Gasteiger partial charge in [0.05, 0.1) is 17.0 Å². The lowest BCUT2D eigenvalue weighted by Crippen LogP contribution is -2.54. The number of imide groups is 1. The number of hydrogen-bond acceptors (Lipinski definition) is 5. The normalized spacial score (nSPS) is 16.7. The fourth-order valence-electron chi connectivity index (χ4n) is 3.46. The molecule has 1 aliphatic heterocycles. The molecule has 1 fully saturated rings. The number of nitro benzene ring substituents is 1. The van der Waals surface area contributed by atoms with Gasteiger partial charge >= 0.3 is 0 Å². The molecule has 0 radical (unpaired) electrons. The molecule has 1 atom stereocenters. The van der Waals surface area contributed by atoms with E-state index in [9.17, 15) is 24.5 Å². The van der Waals surface area contributed by atoms with Crippen molar-refractivity contribution in [2.45, 2.75) is 38.8 Å². The first-order valence-corrected chi connectivity index (χ1v) is 10.3. The number of non-ortho nitro benzene ring substituents is 1. The summed E-state index contributed by atoms with van der Waals surface area (Å²) >= 11 is 2.13. The number of hydrogen-bond donors (Lipinski definition) is 0. The van der Waals surface area contributed by atoms with Crippen LogP contribution in [0.25, 0.3) is 0 Å². The first-order valence-electron chi connectivity index (χ1n) is 9.21. The van der Waals surface area contributed by atoms with Gasteiger partial charge in [0.25, 0.3) is 17.5 Å². The highest BCUT2D eigenvalue weighted by Gasteiger charge is 2.47. The average Bonchev–Trinajstić information content (AvgIpc) is 2.95. The summed E-state index contributed by atoms with van der Waals surface area (Å²) in [6.07, 6.45) is -0.124. The van der Waals surface area contributed by atoms with Gasteiger partial charge < -0.3 is 4.90 Å². The van der Waals surface area contributed by atoms with Crippen molar-refractivity contribution in [3.05, 3.63) is 67.8 Å². The molecule has 0 spiro atoms. The molecule has 2 aromatic rings. The third-order valence-electron chi connectivity index (χ3n) is 4.79. The summed E-state index contributed by atoms with van der Waals surface area (Å²) in [5.74, 6) is -1.31. The van der Waals surface area contributed by atoms with Gasteiger partial charge in [-0.3, -0.25) is 24.5 Å². The maximum absolute atomic E-state index is 13.3. The Morgan fingerprint density at radius 3 is 2.17 bits per heavy atom. The van der Waals surface area contributed by atoms with Crippen LogP contribution in [0.3, 0.4) is 0 Å². The number of anilines is 1. The van der Waals surface area contributed by atoms with Crippen LogP contribution in [-0.4, -0.2) is 39.1 Å². The van der Waals surface area contributed by atoms with Gasteiger partial charge in [-0.15, -0.1) is 0 Å². The number of benzene rings is 2. The molecule has 30 heavy (non-hydrogen) atoms. The number of carbonyl (C=O) groups is 3. The predicted molar refractivity (Wildman–Crippen MR) is 119 cm³/mol. The summed E-state index contributed by atoms with van der Waals surface area (Å²) < 4.78 is 0.969. The summed E-state index contributed by atoms with van der Waals surface area (Å²) in [4.78, 5) is 52.0. The molecular formula is C21H20IN3O5. The van der Waals surface area contributed by atoms with E-state index in [0.29, 0.717) is 5.69 Å². The van der Waals surface area contributed by atoms with E-state index in [1.165, 1.54) is 29.2 Å². The molecule has 0 aliphatic carbocycles. The highest BCUT2D eigenvalue weighted by atomic mass is 127. The monoisotopic (exact) mass is 521 g/mol. The van der Waals surface area contributed by atoms with Gasteiger partial charge in [0.2, 0.25) is 5.91 Å². The Morgan fingerprint density at radius 1 is 1.10 bits per heavy atom. The lowest BCUT2D eigenvalue weighted by atomic mass is 9.99. The van der Waals surface area contributed by atoms with E-state index >= 15 is 0 Å². The minimum Gasteiger partial charge on any atom is -0.321 e. The highest BCUT2D eigenvalue weighted by molar-refractivity contribution is 14.1. The first-order chi connectivity index (χ1) is 14.0. The highest BCUT2D eigenvalue weighted by Crippen LogP contribution is 2.31. The van der Waals surface area contributed by atoms with E-state index in [0.717, 1.165) is 8.47 Å². The van der Waals surface area contributed by atoms with Gasteiger partial charge in [-0.25, -0.2) is 4.90 Å². The molecule has 8 nitrogen and oxygen atoms in total. The van der Waals surface area contributed by atoms with E-state index in [2.05, 4.69) is 22.6 Å². The molecular weight excluding hydrogens is 501 g/mol. The number of carbonyl (C=O) groups excluding carboxylic acids is 3. The number of nitro groups is 1. The van der Waals surface area contributed by atoms with Crippen LogP contribution in [0, 0.1) is 13.7 Å². The van der Waals surface area contributed by atoms with Crippen LogP contribution in [0.5, 0.6) is 0 Å². The fraction of sp³-hybridized carbons (Fsp3) is 0.286. The lowest BCUT2D eigenvalue weighted by Gasteiger charge is -2.39. The van der Waals surface area contributed by atoms with Crippen molar-refractivity contribution in [1.29, 1.82) is 0 Å². The van der Waals surface area contributed by atoms with Crippen LogP contribution in [0.4, 0.5) is 11.4 Å². The van der Waals surface area contributed by atoms with E-state index in [1.54, 1.807) is 45.0 Å². The largest absolute Gasteiger partial charge is 0.321 e. The quantitative estimate of drug-likeness (QED) is 0.264. The van der Waals surface area contributed by atoms with Gasteiger partial charge in [0.1, 0.15) is 6.04 Å². The molecule has 0 aromatic heterocycles. The van der Waals surface area contributed by atoms with Crippen LogP contribution in [0.1, 0.15) is 37.6 Å². The van der Waals surface area contributed by atoms with Crippen molar-refractivity contribution in [2.75, 3.05) is 4.90 Å². The zero-order chi connectivity index (χ0) is 22.2. The maximum atomic E-state index is 13.3. The van der Waals surface area contributed by atoms with Crippen LogP contribution in [-0.2, 0) is 9.59 Å². The van der Waals surface area contributed by atoms with Crippen LogP contribution >= 0.6 is 22.6 Å². The second-order valence-corrected chi connectivity index (χ2v) is 9.16. The molecule has 156 valence electrons. The molecule has 1 saturated heterocycles. The smallest absolute Gasteiger partial charge is 0.269 e. The summed E-state index contributed by atoms with van der Waals surface area (Å²) in [7, 11) is 0. The van der Waals surface area contributed by atoms with Gasteiger partial charge in [-0.05, 0) is 79.8 Å².